The summed E-state index contributed by atoms with van der Waals surface area (Å²) in [5.41, 5.74) is 2.17. The summed E-state index contributed by atoms with van der Waals surface area (Å²) in [6.07, 6.45) is 9.64. The molecule has 3 aromatic rings. The van der Waals surface area contributed by atoms with Gasteiger partial charge in [-0.15, -0.1) is 0 Å². The highest BCUT2D eigenvalue weighted by molar-refractivity contribution is 5.73. The van der Waals surface area contributed by atoms with Gasteiger partial charge in [0.1, 0.15) is 5.82 Å². The molecular weight excluding hydrogens is 272 g/mol. The molecule has 0 bridgehead atoms. The Balaban J connectivity index is 1.76. The van der Waals surface area contributed by atoms with E-state index in [0.717, 1.165) is 36.2 Å². The van der Waals surface area contributed by atoms with Gasteiger partial charge in [-0.3, -0.25) is 0 Å². The Morgan fingerprint density at radius 3 is 2.68 bits per heavy atom. The molecule has 4 nitrogen and oxygen atoms in total. The molecule has 3 rings (SSSR count). The van der Waals surface area contributed by atoms with Crippen LogP contribution in [0.2, 0.25) is 0 Å². The molecule has 0 N–H and O–H groups in total. The molecule has 22 heavy (non-hydrogen) atoms. The maximum atomic E-state index is 4.72. The largest absolute Gasteiger partial charge is 0.243 e. The Hall–Kier alpha value is -2.23. The molecule has 2 heterocycles. The predicted molar refractivity (Wildman–Crippen MR) is 88.7 cm³/mol. The standard InChI is InChI=1S/C18H22N4/c1-2-3-4-8-11-17-19-12-16-13-20-22(18(16)21-17)14-15-9-6-5-7-10-15/h5-7,9-10,12-13H,2-4,8,11,14H2,1H3. The van der Waals surface area contributed by atoms with Crippen LogP contribution < -0.4 is 0 Å². The van der Waals surface area contributed by atoms with Gasteiger partial charge in [-0.2, -0.15) is 5.10 Å². The molecule has 0 unspecified atom stereocenters. The zero-order valence-corrected chi connectivity index (χ0v) is 13.1. The summed E-state index contributed by atoms with van der Waals surface area (Å²) in [4.78, 5) is 9.18. The summed E-state index contributed by atoms with van der Waals surface area (Å²) < 4.78 is 1.96. The van der Waals surface area contributed by atoms with Crippen molar-refractivity contribution in [2.45, 2.75) is 45.6 Å². The molecule has 0 atom stereocenters. The van der Waals surface area contributed by atoms with Crippen LogP contribution in [0.4, 0.5) is 0 Å². The Bertz CT molecular complexity index is 718. The second-order valence-corrected chi connectivity index (χ2v) is 5.66. The molecular formula is C18H22N4. The minimum Gasteiger partial charge on any atom is -0.243 e. The first kappa shape index (κ1) is 14.7. The summed E-state index contributed by atoms with van der Waals surface area (Å²) in [7, 11) is 0. The monoisotopic (exact) mass is 294 g/mol. The average molecular weight is 294 g/mol. The van der Waals surface area contributed by atoms with Crippen LogP contribution in [0, 0.1) is 0 Å². The molecule has 0 amide bonds. The van der Waals surface area contributed by atoms with Gasteiger partial charge in [0.05, 0.1) is 18.1 Å². The van der Waals surface area contributed by atoms with Gasteiger partial charge in [-0.25, -0.2) is 14.6 Å². The molecule has 0 saturated heterocycles. The number of unbranched alkanes of at least 4 members (excludes halogenated alkanes) is 3. The fourth-order valence-electron chi connectivity index (χ4n) is 2.60. The predicted octanol–water partition coefficient (Wildman–Crippen LogP) is 4.00. The third-order valence-corrected chi connectivity index (χ3v) is 3.86. The van der Waals surface area contributed by atoms with Crippen LogP contribution in [0.25, 0.3) is 11.0 Å². The van der Waals surface area contributed by atoms with E-state index in [9.17, 15) is 0 Å². The van der Waals surface area contributed by atoms with Crippen molar-refractivity contribution >= 4 is 11.0 Å². The van der Waals surface area contributed by atoms with Gasteiger partial charge in [0, 0.05) is 12.6 Å². The van der Waals surface area contributed by atoms with E-state index in [2.05, 4.69) is 41.3 Å². The lowest BCUT2D eigenvalue weighted by Gasteiger charge is -2.04. The number of fused-ring (bicyclic) bond motifs is 1. The maximum Gasteiger partial charge on any atom is 0.161 e. The Kier molecular flexibility index (Phi) is 4.78. The van der Waals surface area contributed by atoms with E-state index in [4.69, 9.17) is 4.98 Å². The fourth-order valence-corrected chi connectivity index (χ4v) is 2.60. The SMILES string of the molecule is CCCCCCc1ncc2cnn(Cc3ccccc3)c2n1. The number of rotatable bonds is 7. The van der Waals surface area contributed by atoms with E-state index in [1.165, 1.54) is 24.8 Å². The highest BCUT2D eigenvalue weighted by Crippen LogP contribution is 2.13. The van der Waals surface area contributed by atoms with Gasteiger partial charge in [0.2, 0.25) is 0 Å². The zero-order valence-electron chi connectivity index (χ0n) is 13.1. The molecule has 0 radical (unpaired) electrons. The van der Waals surface area contributed by atoms with Crippen molar-refractivity contribution < 1.29 is 0 Å². The zero-order chi connectivity index (χ0) is 15.2. The van der Waals surface area contributed by atoms with Crippen molar-refractivity contribution in [3.63, 3.8) is 0 Å². The van der Waals surface area contributed by atoms with Crippen molar-refractivity contribution in [3.05, 3.63) is 54.1 Å². The van der Waals surface area contributed by atoms with E-state index in [1.807, 2.05) is 23.1 Å². The Morgan fingerprint density at radius 1 is 1.00 bits per heavy atom. The summed E-state index contributed by atoms with van der Waals surface area (Å²) in [5.74, 6) is 0.929. The minimum absolute atomic E-state index is 0.747. The van der Waals surface area contributed by atoms with Crippen LogP contribution in [-0.4, -0.2) is 19.7 Å². The first-order valence-corrected chi connectivity index (χ1v) is 8.08. The highest BCUT2D eigenvalue weighted by Gasteiger charge is 2.07. The summed E-state index contributed by atoms with van der Waals surface area (Å²) in [6.45, 7) is 2.97. The Morgan fingerprint density at radius 2 is 1.86 bits per heavy atom. The molecule has 0 aliphatic heterocycles. The van der Waals surface area contributed by atoms with Crippen molar-refractivity contribution in [1.82, 2.24) is 19.7 Å². The number of hydrogen-bond donors (Lipinski definition) is 0. The molecule has 0 aliphatic rings. The van der Waals surface area contributed by atoms with Crippen molar-refractivity contribution in [3.8, 4) is 0 Å². The van der Waals surface area contributed by atoms with Crippen LogP contribution in [0.15, 0.2) is 42.7 Å². The van der Waals surface area contributed by atoms with Crippen LogP contribution in [0.1, 0.15) is 44.0 Å². The average Bonchev–Trinajstić information content (AvgIpc) is 2.95. The van der Waals surface area contributed by atoms with Gasteiger partial charge in [0.15, 0.2) is 5.65 Å². The quantitative estimate of drug-likeness (QED) is 0.619. The Labute approximate surface area is 131 Å². The van der Waals surface area contributed by atoms with Gasteiger partial charge < -0.3 is 0 Å². The smallest absolute Gasteiger partial charge is 0.161 e. The van der Waals surface area contributed by atoms with Crippen molar-refractivity contribution in [2.24, 2.45) is 0 Å². The first-order chi connectivity index (χ1) is 10.9. The van der Waals surface area contributed by atoms with E-state index in [1.54, 1.807) is 0 Å². The summed E-state index contributed by atoms with van der Waals surface area (Å²) >= 11 is 0. The van der Waals surface area contributed by atoms with E-state index in [-0.39, 0.29) is 0 Å². The number of aryl methyl sites for hydroxylation is 1. The van der Waals surface area contributed by atoms with Crippen LogP contribution in [0.5, 0.6) is 0 Å². The van der Waals surface area contributed by atoms with Crippen LogP contribution in [0.3, 0.4) is 0 Å². The molecule has 4 heteroatoms. The number of nitrogens with zero attached hydrogens (tertiary/aromatic N) is 4. The van der Waals surface area contributed by atoms with E-state index >= 15 is 0 Å². The number of hydrogen-bond acceptors (Lipinski definition) is 3. The third kappa shape index (κ3) is 3.50. The topological polar surface area (TPSA) is 43.6 Å². The first-order valence-electron chi connectivity index (χ1n) is 8.08. The molecule has 0 fully saturated rings. The second-order valence-electron chi connectivity index (χ2n) is 5.66. The maximum absolute atomic E-state index is 4.72. The van der Waals surface area contributed by atoms with E-state index in [0.29, 0.717) is 0 Å². The van der Waals surface area contributed by atoms with Crippen molar-refractivity contribution in [2.75, 3.05) is 0 Å². The van der Waals surface area contributed by atoms with E-state index < -0.39 is 0 Å². The van der Waals surface area contributed by atoms with Gasteiger partial charge in [-0.1, -0.05) is 56.5 Å². The lowest BCUT2D eigenvalue weighted by molar-refractivity contribution is 0.650. The molecule has 0 saturated carbocycles. The summed E-state index contributed by atoms with van der Waals surface area (Å²) in [6, 6.07) is 10.4. The summed E-state index contributed by atoms with van der Waals surface area (Å²) in [5, 5.41) is 5.46. The minimum atomic E-state index is 0.747. The lowest BCUT2D eigenvalue weighted by Crippen LogP contribution is -2.04. The van der Waals surface area contributed by atoms with Crippen molar-refractivity contribution in [1.29, 1.82) is 0 Å². The molecule has 114 valence electrons. The van der Waals surface area contributed by atoms with Crippen LogP contribution >= 0.6 is 0 Å². The number of benzene rings is 1. The second kappa shape index (κ2) is 7.16. The fraction of sp³-hybridized carbons (Fsp3) is 0.389. The lowest BCUT2D eigenvalue weighted by atomic mass is 10.1. The normalized spacial score (nSPS) is 11.1. The molecule has 1 aromatic carbocycles. The van der Waals surface area contributed by atoms with Crippen LogP contribution in [-0.2, 0) is 13.0 Å². The molecule has 2 aromatic heterocycles. The van der Waals surface area contributed by atoms with Gasteiger partial charge >= 0.3 is 0 Å². The molecule has 0 spiro atoms. The third-order valence-electron chi connectivity index (χ3n) is 3.86. The van der Waals surface area contributed by atoms with Gasteiger partial charge in [-0.05, 0) is 12.0 Å². The number of aromatic nitrogens is 4. The molecule has 0 aliphatic carbocycles. The van der Waals surface area contributed by atoms with Gasteiger partial charge in [0.25, 0.3) is 0 Å². The highest BCUT2D eigenvalue weighted by atomic mass is 15.3.